The largest absolute Gasteiger partial charge is 0.376 e. The Morgan fingerprint density at radius 3 is 2.28 bits per heavy atom. The molecule has 0 radical (unpaired) electrons. The average molecular weight is 252 g/mol. The third-order valence-corrected chi connectivity index (χ3v) is 4.48. The van der Waals surface area contributed by atoms with Gasteiger partial charge in [-0.3, -0.25) is 10.1 Å². The quantitative estimate of drug-likeness (QED) is 0.660. The molecular weight excluding hydrogens is 235 g/mol. The molecule has 18 heavy (non-hydrogen) atoms. The number of hydrogen-bond donors (Lipinski definition) is 1. The van der Waals surface area contributed by atoms with Gasteiger partial charge in [-0.15, -0.1) is 0 Å². The molecular formula is C13H17FN2O2. The highest BCUT2D eigenvalue weighted by atomic mass is 19.1. The minimum absolute atomic E-state index is 0.0349. The second-order valence-electron chi connectivity index (χ2n) is 5.94. The van der Waals surface area contributed by atoms with Crippen LogP contribution in [0.4, 0.5) is 15.8 Å². The second-order valence-corrected chi connectivity index (χ2v) is 5.94. The Labute approximate surface area is 105 Å². The first-order chi connectivity index (χ1) is 8.18. The molecule has 1 saturated carbocycles. The summed E-state index contributed by atoms with van der Waals surface area (Å²) in [4.78, 5) is 10.4. The van der Waals surface area contributed by atoms with Gasteiger partial charge < -0.3 is 5.32 Å². The molecule has 0 aliphatic heterocycles. The molecule has 1 aromatic carbocycles. The van der Waals surface area contributed by atoms with Gasteiger partial charge in [-0.05, 0) is 16.9 Å². The Kier molecular flexibility index (Phi) is 2.61. The van der Waals surface area contributed by atoms with Crippen LogP contribution in [0, 0.1) is 26.8 Å². The summed E-state index contributed by atoms with van der Waals surface area (Å²) >= 11 is 0. The van der Waals surface area contributed by atoms with E-state index in [0.29, 0.717) is 0 Å². The van der Waals surface area contributed by atoms with Gasteiger partial charge in [0, 0.05) is 18.2 Å². The Morgan fingerprint density at radius 2 is 1.83 bits per heavy atom. The molecule has 0 aromatic heterocycles. The zero-order valence-corrected chi connectivity index (χ0v) is 11.0. The van der Waals surface area contributed by atoms with Crippen LogP contribution in [0.3, 0.4) is 0 Å². The van der Waals surface area contributed by atoms with Crippen LogP contribution in [0.25, 0.3) is 0 Å². The van der Waals surface area contributed by atoms with Crippen molar-refractivity contribution in [1.29, 1.82) is 0 Å². The van der Waals surface area contributed by atoms with E-state index in [1.807, 2.05) is 0 Å². The maximum Gasteiger partial charge on any atom is 0.292 e. The molecule has 4 nitrogen and oxygen atoms in total. The molecule has 5 heteroatoms. The summed E-state index contributed by atoms with van der Waals surface area (Å²) in [6.45, 7) is 8.37. The van der Waals surface area contributed by atoms with Gasteiger partial charge in [0.15, 0.2) is 0 Å². The molecule has 98 valence electrons. The van der Waals surface area contributed by atoms with E-state index in [1.165, 1.54) is 12.1 Å². The van der Waals surface area contributed by atoms with E-state index < -0.39 is 10.7 Å². The Balaban J connectivity index is 2.31. The lowest BCUT2D eigenvalue weighted by Crippen LogP contribution is -2.11. The van der Waals surface area contributed by atoms with Crippen LogP contribution in [-0.4, -0.2) is 11.0 Å². The molecule has 0 saturated heterocycles. The molecule has 0 atom stereocenters. The first-order valence-electron chi connectivity index (χ1n) is 5.88. The monoisotopic (exact) mass is 252 g/mol. The maximum atomic E-state index is 13.2. The fourth-order valence-corrected chi connectivity index (χ4v) is 2.50. The van der Waals surface area contributed by atoms with Crippen molar-refractivity contribution < 1.29 is 9.31 Å². The van der Waals surface area contributed by atoms with E-state index in [0.717, 1.165) is 6.07 Å². The smallest absolute Gasteiger partial charge is 0.292 e. The van der Waals surface area contributed by atoms with Crippen LogP contribution in [0.1, 0.15) is 27.7 Å². The molecule has 1 N–H and O–H groups in total. The Morgan fingerprint density at radius 1 is 1.28 bits per heavy atom. The molecule has 1 aliphatic rings. The number of halogens is 1. The van der Waals surface area contributed by atoms with Crippen molar-refractivity contribution in [3.63, 3.8) is 0 Å². The van der Waals surface area contributed by atoms with Crippen molar-refractivity contribution in [2.24, 2.45) is 10.8 Å². The third-order valence-electron chi connectivity index (χ3n) is 4.48. The molecule has 0 amide bonds. The van der Waals surface area contributed by atoms with Crippen LogP contribution in [0.5, 0.6) is 0 Å². The fraction of sp³-hybridized carbons (Fsp3) is 0.538. The lowest BCUT2D eigenvalue weighted by Gasteiger charge is -2.08. The van der Waals surface area contributed by atoms with Gasteiger partial charge in [0.25, 0.3) is 5.69 Å². The topological polar surface area (TPSA) is 55.2 Å². The summed E-state index contributed by atoms with van der Waals surface area (Å²) < 4.78 is 13.2. The van der Waals surface area contributed by atoms with Crippen molar-refractivity contribution in [3.8, 4) is 0 Å². The van der Waals surface area contributed by atoms with Crippen LogP contribution < -0.4 is 5.32 Å². The van der Waals surface area contributed by atoms with Crippen LogP contribution in [0.2, 0.25) is 0 Å². The molecule has 0 bridgehead atoms. The fourth-order valence-electron chi connectivity index (χ4n) is 2.50. The molecule has 1 aromatic rings. The molecule has 1 fully saturated rings. The Hall–Kier alpha value is -1.65. The predicted octanol–water partition coefficient (Wildman–Crippen LogP) is 3.58. The van der Waals surface area contributed by atoms with Gasteiger partial charge in [-0.1, -0.05) is 27.7 Å². The number of anilines is 1. The van der Waals surface area contributed by atoms with E-state index in [4.69, 9.17) is 0 Å². The highest BCUT2D eigenvalue weighted by molar-refractivity contribution is 5.63. The minimum Gasteiger partial charge on any atom is -0.376 e. The van der Waals surface area contributed by atoms with E-state index in [9.17, 15) is 14.5 Å². The molecule has 2 rings (SSSR count). The standard InChI is InChI=1S/C13H17FN2O2/c1-12(2)11(13(12,3)4)15-9-7-8(14)5-6-10(9)16(17)18/h5-7,11,15H,1-4H3. The zero-order valence-electron chi connectivity index (χ0n) is 11.0. The first-order valence-corrected chi connectivity index (χ1v) is 5.88. The number of nitro benzene ring substituents is 1. The highest BCUT2D eigenvalue weighted by Gasteiger charge is 2.65. The van der Waals surface area contributed by atoms with Crippen molar-refractivity contribution in [2.75, 3.05) is 5.32 Å². The van der Waals surface area contributed by atoms with E-state index >= 15 is 0 Å². The van der Waals surface area contributed by atoms with Gasteiger partial charge >= 0.3 is 0 Å². The van der Waals surface area contributed by atoms with E-state index in [1.54, 1.807) is 0 Å². The van der Waals surface area contributed by atoms with Crippen molar-refractivity contribution in [2.45, 2.75) is 33.7 Å². The molecule has 0 unspecified atom stereocenters. The third kappa shape index (κ3) is 1.74. The van der Waals surface area contributed by atoms with Crippen molar-refractivity contribution in [3.05, 3.63) is 34.1 Å². The van der Waals surface area contributed by atoms with E-state index in [-0.39, 0.29) is 28.2 Å². The Bertz CT molecular complexity index is 498. The first kappa shape index (κ1) is 12.8. The average Bonchev–Trinajstić information content (AvgIpc) is 2.60. The summed E-state index contributed by atoms with van der Waals surface area (Å²) in [5.74, 6) is -0.473. The van der Waals surface area contributed by atoms with Crippen LogP contribution in [0.15, 0.2) is 18.2 Å². The summed E-state index contributed by atoms with van der Waals surface area (Å²) in [6, 6.07) is 3.58. The minimum atomic E-state index is -0.496. The second kappa shape index (κ2) is 3.67. The summed E-state index contributed by atoms with van der Waals surface area (Å²) in [5.41, 5.74) is 0.235. The van der Waals surface area contributed by atoms with Crippen molar-refractivity contribution in [1.82, 2.24) is 0 Å². The van der Waals surface area contributed by atoms with Gasteiger partial charge in [-0.2, -0.15) is 0 Å². The zero-order chi connectivity index (χ0) is 13.7. The van der Waals surface area contributed by atoms with Crippen molar-refractivity contribution >= 4 is 11.4 Å². The number of hydrogen-bond acceptors (Lipinski definition) is 3. The molecule has 0 heterocycles. The summed E-state index contributed by atoms with van der Waals surface area (Å²) in [7, 11) is 0. The SMILES string of the molecule is CC1(C)C(Nc2cc(F)ccc2[N+](=O)[O-])C1(C)C. The maximum absolute atomic E-state index is 13.2. The van der Waals surface area contributed by atoms with Gasteiger partial charge in [0.05, 0.1) is 4.92 Å². The lowest BCUT2D eigenvalue weighted by molar-refractivity contribution is -0.384. The van der Waals surface area contributed by atoms with Crippen LogP contribution in [-0.2, 0) is 0 Å². The molecule has 0 spiro atoms. The van der Waals surface area contributed by atoms with E-state index in [2.05, 4.69) is 33.0 Å². The number of benzene rings is 1. The van der Waals surface area contributed by atoms with Gasteiger partial charge in [0.1, 0.15) is 11.5 Å². The number of rotatable bonds is 3. The predicted molar refractivity (Wildman–Crippen MR) is 68.0 cm³/mol. The number of nitro groups is 1. The summed E-state index contributed by atoms with van der Waals surface area (Å²) in [6.07, 6.45) is 0. The normalized spacial score (nSPS) is 20.5. The van der Waals surface area contributed by atoms with Crippen LogP contribution >= 0.6 is 0 Å². The lowest BCUT2D eigenvalue weighted by atomic mass is 10.0. The molecule has 1 aliphatic carbocycles. The highest BCUT2D eigenvalue weighted by Crippen LogP contribution is 2.64. The summed E-state index contributed by atoms with van der Waals surface area (Å²) in [5, 5.41) is 14.0. The number of nitrogens with one attached hydrogen (secondary N) is 1. The number of nitrogens with zero attached hydrogens (tertiary/aromatic N) is 1. The van der Waals surface area contributed by atoms with Gasteiger partial charge in [0.2, 0.25) is 0 Å². The van der Waals surface area contributed by atoms with Gasteiger partial charge in [-0.25, -0.2) is 4.39 Å².